The number of ether oxygens (including phenoxy) is 3. The van der Waals surface area contributed by atoms with E-state index in [1.807, 2.05) is 0 Å². The van der Waals surface area contributed by atoms with Crippen molar-refractivity contribution in [1.29, 1.82) is 0 Å². The lowest BCUT2D eigenvalue weighted by Crippen LogP contribution is -2.35. The van der Waals surface area contributed by atoms with E-state index in [0.29, 0.717) is 12.3 Å². The Balaban J connectivity index is 1.58. The monoisotopic (exact) mass is 371 g/mol. The van der Waals surface area contributed by atoms with Gasteiger partial charge in [-0.05, 0) is 37.1 Å². The first-order valence-corrected chi connectivity index (χ1v) is 7.85. The lowest BCUT2D eigenvalue weighted by atomic mass is 10.2. The molecule has 0 bridgehead atoms. The molecule has 1 amide bonds. The second-order valence-electron chi connectivity index (χ2n) is 4.84. The van der Waals surface area contributed by atoms with Crippen LogP contribution in [0.1, 0.15) is 12.8 Å². The minimum absolute atomic E-state index is 0.0698. The van der Waals surface area contributed by atoms with Crippen molar-refractivity contribution in [2.24, 2.45) is 0 Å². The first-order chi connectivity index (χ1) is 10.6. The van der Waals surface area contributed by atoms with Crippen LogP contribution in [0.25, 0.3) is 0 Å². The number of hydrogen-bond donors (Lipinski definition) is 1. The van der Waals surface area contributed by atoms with E-state index in [4.69, 9.17) is 14.2 Å². The van der Waals surface area contributed by atoms with E-state index in [1.54, 1.807) is 24.3 Å². The van der Waals surface area contributed by atoms with Gasteiger partial charge in [0.1, 0.15) is 5.75 Å². The summed E-state index contributed by atoms with van der Waals surface area (Å²) < 4.78 is 16.4. The Labute approximate surface area is 137 Å². The van der Waals surface area contributed by atoms with Crippen LogP contribution in [0.5, 0.6) is 5.75 Å². The van der Waals surface area contributed by atoms with Crippen LogP contribution in [0.3, 0.4) is 0 Å². The third-order valence-corrected chi connectivity index (χ3v) is 3.61. The number of carbonyl (C=O) groups is 2. The Kier molecular flexibility index (Phi) is 6.67. The van der Waals surface area contributed by atoms with E-state index in [-0.39, 0.29) is 25.2 Å². The summed E-state index contributed by atoms with van der Waals surface area (Å²) in [5.41, 5.74) is 0. The molecule has 0 aliphatic carbocycles. The predicted molar refractivity (Wildman–Crippen MR) is 82.6 cm³/mol. The van der Waals surface area contributed by atoms with Crippen LogP contribution in [-0.4, -0.2) is 44.3 Å². The van der Waals surface area contributed by atoms with Crippen LogP contribution < -0.4 is 10.1 Å². The summed E-state index contributed by atoms with van der Waals surface area (Å²) in [7, 11) is 0. The minimum Gasteiger partial charge on any atom is -0.482 e. The molecule has 0 unspecified atom stereocenters. The first-order valence-electron chi connectivity index (χ1n) is 7.06. The molecule has 1 aliphatic rings. The van der Waals surface area contributed by atoms with Crippen LogP contribution in [0.15, 0.2) is 28.7 Å². The van der Waals surface area contributed by atoms with Crippen LogP contribution in [-0.2, 0) is 19.1 Å². The number of halogens is 1. The summed E-state index contributed by atoms with van der Waals surface area (Å²) in [6, 6.07) is 7.07. The molecule has 0 saturated carbocycles. The maximum Gasteiger partial charge on any atom is 0.344 e. The molecule has 1 heterocycles. The Morgan fingerprint density at radius 2 is 2.05 bits per heavy atom. The summed E-state index contributed by atoms with van der Waals surface area (Å²) in [6.45, 7) is 0.643. The summed E-state index contributed by atoms with van der Waals surface area (Å²) in [4.78, 5) is 23.0. The van der Waals surface area contributed by atoms with Crippen molar-refractivity contribution in [3.63, 3.8) is 0 Å². The van der Waals surface area contributed by atoms with Gasteiger partial charge in [0.15, 0.2) is 13.2 Å². The van der Waals surface area contributed by atoms with E-state index < -0.39 is 5.97 Å². The fourth-order valence-corrected chi connectivity index (χ4v) is 2.21. The number of rotatable bonds is 7. The van der Waals surface area contributed by atoms with Gasteiger partial charge < -0.3 is 19.5 Å². The molecule has 1 aliphatic heterocycles. The van der Waals surface area contributed by atoms with Gasteiger partial charge in [0.05, 0.1) is 6.10 Å². The highest BCUT2D eigenvalue weighted by molar-refractivity contribution is 9.10. The third kappa shape index (κ3) is 6.03. The van der Waals surface area contributed by atoms with Crippen molar-refractivity contribution in [3.05, 3.63) is 28.7 Å². The third-order valence-electron chi connectivity index (χ3n) is 3.09. The summed E-state index contributed by atoms with van der Waals surface area (Å²) in [6.07, 6.45) is 2.03. The van der Waals surface area contributed by atoms with Crippen LogP contribution in [0.4, 0.5) is 0 Å². The highest BCUT2D eigenvalue weighted by Crippen LogP contribution is 2.15. The largest absolute Gasteiger partial charge is 0.482 e. The Hall–Kier alpha value is -1.60. The smallest absolute Gasteiger partial charge is 0.344 e. The van der Waals surface area contributed by atoms with Crippen LogP contribution in [0, 0.1) is 0 Å². The molecule has 1 atom stereocenters. The molecule has 1 N–H and O–H groups in total. The normalized spacial score (nSPS) is 17.0. The highest BCUT2D eigenvalue weighted by Gasteiger charge is 2.16. The Bertz CT molecular complexity index is 499. The Morgan fingerprint density at radius 1 is 1.27 bits per heavy atom. The van der Waals surface area contributed by atoms with Crippen molar-refractivity contribution < 1.29 is 23.8 Å². The Morgan fingerprint density at radius 3 is 2.73 bits per heavy atom. The van der Waals surface area contributed by atoms with E-state index in [1.165, 1.54) is 0 Å². The van der Waals surface area contributed by atoms with Crippen molar-refractivity contribution in [2.45, 2.75) is 18.9 Å². The second-order valence-corrected chi connectivity index (χ2v) is 5.76. The van der Waals surface area contributed by atoms with Crippen molar-refractivity contribution in [3.8, 4) is 5.75 Å². The molecule has 1 saturated heterocycles. The number of amides is 1. The topological polar surface area (TPSA) is 73.9 Å². The molecule has 1 aromatic carbocycles. The minimum atomic E-state index is -0.588. The molecule has 1 fully saturated rings. The number of carbonyl (C=O) groups excluding carboxylic acids is 2. The van der Waals surface area contributed by atoms with Crippen molar-refractivity contribution in [1.82, 2.24) is 5.32 Å². The van der Waals surface area contributed by atoms with Crippen LogP contribution >= 0.6 is 15.9 Å². The van der Waals surface area contributed by atoms with E-state index >= 15 is 0 Å². The zero-order valence-electron chi connectivity index (χ0n) is 12.0. The van der Waals surface area contributed by atoms with Gasteiger partial charge in [-0.3, -0.25) is 4.79 Å². The molecule has 0 spiro atoms. The molecule has 1 aromatic rings. The van der Waals surface area contributed by atoms with Gasteiger partial charge in [-0.15, -0.1) is 0 Å². The lowest BCUT2D eigenvalue weighted by Gasteiger charge is -2.11. The molecular formula is C15H18BrNO5. The van der Waals surface area contributed by atoms with Gasteiger partial charge in [0.2, 0.25) is 0 Å². The van der Waals surface area contributed by atoms with Gasteiger partial charge in [-0.25, -0.2) is 4.79 Å². The summed E-state index contributed by atoms with van der Waals surface area (Å²) in [5, 5.41) is 2.67. The predicted octanol–water partition coefficient (Wildman–Crippen LogP) is 1.67. The van der Waals surface area contributed by atoms with Gasteiger partial charge in [-0.1, -0.05) is 15.9 Å². The van der Waals surface area contributed by atoms with Crippen molar-refractivity contribution in [2.75, 3.05) is 26.4 Å². The quantitative estimate of drug-likeness (QED) is 0.737. The number of hydrogen-bond acceptors (Lipinski definition) is 5. The molecular weight excluding hydrogens is 354 g/mol. The zero-order valence-corrected chi connectivity index (χ0v) is 13.6. The fraction of sp³-hybridized carbons (Fsp3) is 0.467. The molecule has 7 heteroatoms. The summed E-state index contributed by atoms with van der Waals surface area (Å²) in [5.74, 6) is -0.370. The molecule has 0 radical (unpaired) electrons. The maximum absolute atomic E-state index is 11.5. The lowest BCUT2D eigenvalue weighted by molar-refractivity contribution is -0.150. The number of nitrogens with one attached hydrogen (secondary N) is 1. The molecule has 22 heavy (non-hydrogen) atoms. The average Bonchev–Trinajstić information content (AvgIpc) is 3.04. The van der Waals surface area contributed by atoms with E-state index in [2.05, 4.69) is 21.2 Å². The average molecular weight is 372 g/mol. The molecule has 120 valence electrons. The zero-order chi connectivity index (χ0) is 15.8. The van der Waals surface area contributed by atoms with Gasteiger partial charge in [0.25, 0.3) is 5.91 Å². The standard InChI is InChI=1S/C15H18BrNO5/c16-11-3-5-12(6-4-11)21-10-15(19)22-9-14(18)17-8-13-2-1-7-20-13/h3-6,13H,1-2,7-10H2,(H,17,18)/t13-/m0/s1. The maximum atomic E-state index is 11.5. The van der Waals surface area contributed by atoms with E-state index in [9.17, 15) is 9.59 Å². The van der Waals surface area contributed by atoms with E-state index in [0.717, 1.165) is 23.9 Å². The molecule has 0 aromatic heterocycles. The number of benzene rings is 1. The fourth-order valence-electron chi connectivity index (χ4n) is 1.94. The first kappa shape index (κ1) is 16.8. The van der Waals surface area contributed by atoms with Gasteiger partial charge in [-0.2, -0.15) is 0 Å². The van der Waals surface area contributed by atoms with Crippen molar-refractivity contribution >= 4 is 27.8 Å². The second kappa shape index (κ2) is 8.75. The SMILES string of the molecule is O=C(COC(=O)COc1ccc(Br)cc1)NC[C@@H]1CCCO1. The highest BCUT2D eigenvalue weighted by atomic mass is 79.9. The van der Waals surface area contributed by atoms with Gasteiger partial charge in [0, 0.05) is 17.6 Å². The number of esters is 1. The van der Waals surface area contributed by atoms with Crippen LogP contribution in [0.2, 0.25) is 0 Å². The van der Waals surface area contributed by atoms with Gasteiger partial charge >= 0.3 is 5.97 Å². The molecule has 2 rings (SSSR count). The summed E-state index contributed by atoms with van der Waals surface area (Å²) >= 11 is 3.30. The molecule has 6 nitrogen and oxygen atoms in total.